The fourth-order valence-electron chi connectivity index (χ4n) is 3.58. The molecular formula is C22H21N5O5. The third-order valence-corrected chi connectivity index (χ3v) is 5.06. The van der Waals surface area contributed by atoms with Gasteiger partial charge in [0, 0.05) is 24.6 Å². The second-order valence-corrected chi connectivity index (χ2v) is 7.51. The highest BCUT2D eigenvalue weighted by atomic mass is 16.7. The van der Waals surface area contributed by atoms with E-state index in [4.69, 9.17) is 13.9 Å². The molecule has 1 aromatic carbocycles. The molecule has 0 saturated carbocycles. The van der Waals surface area contributed by atoms with Crippen LogP contribution in [0, 0.1) is 0 Å². The average Bonchev–Trinajstić information content (AvgIpc) is 3.51. The molecule has 5 rings (SSSR count). The van der Waals surface area contributed by atoms with E-state index in [2.05, 4.69) is 21.0 Å². The Labute approximate surface area is 183 Å². The van der Waals surface area contributed by atoms with Gasteiger partial charge in [-0.2, -0.15) is 5.10 Å². The number of amides is 2. The Morgan fingerprint density at radius 3 is 2.94 bits per heavy atom. The number of anilines is 1. The van der Waals surface area contributed by atoms with Crippen LogP contribution in [0.25, 0.3) is 17.5 Å². The molecule has 0 spiro atoms. The number of hydrogen-bond acceptors (Lipinski definition) is 7. The molecule has 4 heterocycles. The van der Waals surface area contributed by atoms with Crippen molar-refractivity contribution >= 4 is 23.7 Å². The Kier molecular flexibility index (Phi) is 5.12. The first kappa shape index (κ1) is 19.9. The lowest BCUT2D eigenvalue weighted by atomic mass is 10.2. The number of hydrogen-bond donors (Lipinski definition) is 3. The summed E-state index contributed by atoms with van der Waals surface area (Å²) in [6.07, 6.45) is 4.39. The number of carbonyl (C=O) groups excluding carboxylic acids is 2. The molecule has 10 heteroatoms. The molecule has 1 fully saturated rings. The van der Waals surface area contributed by atoms with Crippen LogP contribution < -0.4 is 25.4 Å². The number of carbonyl (C=O) groups is 2. The maximum Gasteiger partial charge on any atom is 0.249 e. The maximum atomic E-state index is 12.7. The van der Waals surface area contributed by atoms with Crippen molar-refractivity contribution in [2.45, 2.75) is 25.7 Å². The van der Waals surface area contributed by atoms with Crippen molar-refractivity contribution < 1.29 is 23.5 Å². The molecule has 2 unspecified atom stereocenters. The molecular weight excluding hydrogens is 414 g/mol. The van der Waals surface area contributed by atoms with Crippen molar-refractivity contribution in [1.29, 1.82) is 0 Å². The summed E-state index contributed by atoms with van der Waals surface area (Å²) >= 11 is 0. The van der Waals surface area contributed by atoms with Gasteiger partial charge in [0.15, 0.2) is 23.5 Å². The normalized spacial score (nSPS) is 19.8. The standard InChI is InChI=1S/C22H21N5O5/c1-13-9-21(29)25-22(23-13)27-19(11-15(26-27)16-3-2-8-30-16)24-20(28)7-5-14-4-6-17-18(10-14)32-12-31-17/h2-8,10-11,13,22-23H,9,12H2,1H3,(H,24,28)(H,25,29)/b7-5+. The number of furan rings is 1. The van der Waals surface area contributed by atoms with Crippen LogP contribution in [0.3, 0.4) is 0 Å². The van der Waals surface area contributed by atoms with Crippen LogP contribution in [0.4, 0.5) is 5.82 Å². The Morgan fingerprint density at radius 1 is 1.25 bits per heavy atom. The summed E-state index contributed by atoms with van der Waals surface area (Å²) in [5.41, 5.74) is 1.32. The van der Waals surface area contributed by atoms with Crippen molar-refractivity contribution in [1.82, 2.24) is 20.4 Å². The van der Waals surface area contributed by atoms with E-state index < -0.39 is 6.29 Å². The van der Waals surface area contributed by atoms with Crippen LogP contribution in [0.15, 0.2) is 53.2 Å². The molecule has 2 aromatic heterocycles. The van der Waals surface area contributed by atoms with Gasteiger partial charge < -0.3 is 24.5 Å². The highest BCUT2D eigenvalue weighted by Gasteiger charge is 2.27. The van der Waals surface area contributed by atoms with E-state index in [1.807, 2.05) is 13.0 Å². The summed E-state index contributed by atoms with van der Waals surface area (Å²) in [6.45, 7) is 2.10. The van der Waals surface area contributed by atoms with Gasteiger partial charge >= 0.3 is 0 Å². The molecule has 0 bridgehead atoms. The van der Waals surface area contributed by atoms with E-state index >= 15 is 0 Å². The van der Waals surface area contributed by atoms with Crippen LogP contribution >= 0.6 is 0 Å². The number of nitrogens with one attached hydrogen (secondary N) is 3. The lowest BCUT2D eigenvalue weighted by molar-refractivity contribution is -0.125. The van der Waals surface area contributed by atoms with Crippen LogP contribution in [0.5, 0.6) is 11.5 Å². The minimum Gasteiger partial charge on any atom is -0.463 e. The smallest absolute Gasteiger partial charge is 0.249 e. The first-order valence-corrected chi connectivity index (χ1v) is 10.1. The summed E-state index contributed by atoms with van der Waals surface area (Å²) in [5.74, 6) is 1.81. The third kappa shape index (κ3) is 4.08. The molecule has 2 atom stereocenters. The van der Waals surface area contributed by atoms with Crippen molar-refractivity contribution in [3.63, 3.8) is 0 Å². The Bertz CT molecular complexity index is 1180. The molecule has 0 aliphatic carbocycles. The molecule has 164 valence electrons. The molecule has 2 aliphatic heterocycles. The second kappa shape index (κ2) is 8.23. The number of ether oxygens (including phenoxy) is 2. The minimum absolute atomic E-state index is 0.0422. The zero-order valence-corrected chi connectivity index (χ0v) is 17.2. The number of fused-ring (bicyclic) bond motifs is 1. The largest absolute Gasteiger partial charge is 0.463 e. The maximum absolute atomic E-state index is 12.7. The molecule has 3 aromatic rings. The first-order chi connectivity index (χ1) is 15.5. The zero-order chi connectivity index (χ0) is 22.1. The van der Waals surface area contributed by atoms with Crippen LogP contribution in [-0.2, 0) is 9.59 Å². The minimum atomic E-state index is -0.608. The van der Waals surface area contributed by atoms with Crippen molar-refractivity contribution in [2.75, 3.05) is 12.1 Å². The molecule has 0 radical (unpaired) electrons. The fraction of sp³-hybridized carbons (Fsp3) is 0.227. The van der Waals surface area contributed by atoms with E-state index in [-0.39, 0.29) is 24.6 Å². The highest BCUT2D eigenvalue weighted by Crippen LogP contribution is 2.32. The Hall–Kier alpha value is -4.05. The van der Waals surface area contributed by atoms with Gasteiger partial charge in [-0.05, 0) is 42.8 Å². The number of rotatable bonds is 5. The quantitative estimate of drug-likeness (QED) is 0.527. The van der Waals surface area contributed by atoms with Crippen molar-refractivity contribution in [3.05, 3.63) is 54.3 Å². The fourth-order valence-corrected chi connectivity index (χ4v) is 3.58. The lowest BCUT2D eigenvalue weighted by Crippen LogP contribution is -2.52. The molecule has 32 heavy (non-hydrogen) atoms. The van der Waals surface area contributed by atoms with Crippen LogP contribution in [0.2, 0.25) is 0 Å². The lowest BCUT2D eigenvalue weighted by Gasteiger charge is -2.30. The molecule has 10 nitrogen and oxygen atoms in total. The van der Waals surface area contributed by atoms with E-state index in [1.54, 1.807) is 42.7 Å². The summed E-state index contributed by atoms with van der Waals surface area (Å²) in [7, 11) is 0. The average molecular weight is 435 g/mol. The van der Waals surface area contributed by atoms with E-state index in [0.29, 0.717) is 35.2 Å². The van der Waals surface area contributed by atoms with Gasteiger partial charge in [-0.3, -0.25) is 14.9 Å². The number of benzene rings is 1. The van der Waals surface area contributed by atoms with Gasteiger partial charge in [0.2, 0.25) is 18.6 Å². The molecule has 2 amide bonds. The van der Waals surface area contributed by atoms with Crippen LogP contribution in [0.1, 0.15) is 25.2 Å². The van der Waals surface area contributed by atoms with Gasteiger partial charge in [-0.1, -0.05) is 6.07 Å². The second-order valence-electron chi connectivity index (χ2n) is 7.51. The van der Waals surface area contributed by atoms with Gasteiger partial charge in [0.1, 0.15) is 11.5 Å². The molecule has 1 saturated heterocycles. The first-order valence-electron chi connectivity index (χ1n) is 10.1. The monoisotopic (exact) mass is 435 g/mol. The van der Waals surface area contributed by atoms with Crippen LogP contribution in [-0.4, -0.2) is 34.4 Å². The van der Waals surface area contributed by atoms with Crippen molar-refractivity contribution in [2.24, 2.45) is 0 Å². The number of nitrogens with zero attached hydrogens (tertiary/aromatic N) is 2. The summed E-state index contributed by atoms with van der Waals surface area (Å²) in [4.78, 5) is 24.7. The summed E-state index contributed by atoms with van der Waals surface area (Å²) < 4.78 is 17.6. The topological polar surface area (TPSA) is 120 Å². The Morgan fingerprint density at radius 2 is 2.12 bits per heavy atom. The predicted molar refractivity (Wildman–Crippen MR) is 115 cm³/mol. The third-order valence-electron chi connectivity index (χ3n) is 5.06. The van der Waals surface area contributed by atoms with Gasteiger partial charge in [0.05, 0.1) is 6.26 Å². The number of aromatic nitrogens is 2. The van der Waals surface area contributed by atoms with Gasteiger partial charge in [0.25, 0.3) is 0 Å². The predicted octanol–water partition coefficient (Wildman–Crippen LogP) is 2.48. The molecule has 2 aliphatic rings. The summed E-state index contributed by atoms with van der Waals surface area (Å²) in [6, 6.07) is 10.6. The van der Waals surface area contributed by atoms with E-state index in [0.717, 1.165) is 5.56 Å². The Balaban J connectivity index is 1.38. The van der Waals surface area contributed by atoms with E-state index in [9.17, 15) is 9.59 Å². The van der Waals surface area contributed by atoms with Gasteiger partial charge in [-0.15, -0.1) is 0 Å². The zero-order valence-electron chi connectivity index (χ0n) is 17.2. The van der Waals surface area contributed by atoms with E-state index in [1.165, 1.54) is 10.8 Å². The summed E-state index contributed by atoms with van der Waals surface area (Å²) in [5, 5.41) is 13.5. The SMILES string of the molecule is CC1CC(=O)NC(n2nc(-c3ccco3)cc2NC(=O)/C=C/c2ccc3c(c2)OCO3)N1. The highest BCUT2D eigenvalue weighted by molar-refractivity contribution is 6.01. The molecule has 3 N–H and O–H groups in total. The van der Waals surface area contributed by atoms with Gasteiger partial charge in [-0.25, -0.2) is 4.68 Å². The van der Waals surface area contributed by atoms with Crippen molar-refractivity contribution in [3.8, 4) is 23.0 Å².